The highest BCUT2D eigenvalue weighted by molar-refractivity contribution is 9.10. The molecule has 1 N–H and O–H groups in total. The fourth-order valence-corrected chi connectivity index (χ4v) is 2.80. The maximum atomic E-state index is 12.2. The lowest BCUT2D eigenvalue weighted by Gasteiger charge is -2.17. The molecule has 5 nitrogen and oxygen atoms in total. The van der Waals surface area contributed by atoms with Crippen LogP contribution >= 0.6 is 15.9 Å². The van der Waals surface area contributed by atoms with Gasteiger partial charge in [-0.1, -0.05) is 19.1 Å². The molecule has 0 saturated carbocycles. The lowest BCUT2D eigenvalue weighted by Crippen LogP contribution is -2.19. The number of hydrogen-bond acceptors (Lipinski definition) is 3. The Morgan fingerprint density at radius 2 is 2.25 bits per heavy atom. The highest BCUT2D eigenvalue weighted by atomic mass is 79.9. The van der Waals surface area contributed by atoms with Gasteiger partial charge in [-0.05, 0) is 40.4 Å². The van der Waals surface area contributed by atoms with Crippen LogP contribution < -0.4 is 5.32 Å². The minimum Gasteiger partial charge on any atom is -0.289 e. The molecule has 6 heteroatoms. The van der Waals surface area contributed by atoms with E-state index < -0.39 is 0 Å². The van der Waals surface area contributed by atoms with E-state index in [9.17, 15) is 4.79 Å². The summed E-state index contributed by atoms with van der Waals surface area (Å²) < 4.78 is 2.65. The number of anilines is 1. The molecule has 0 bridgehead atoms. The van der Waals surface area contributed by atoms with Gasteiger partial charge in [0.15, 0.2) is 0 Å². The van der Waals surface area contributed by atoms with Crippen molar-refractivity contribution in [3.8, 4) is 0 Å². The van der Waals surface area contributed by atoms with Crippen LogP contribution in [0.1, 0.15) is 29.5 Å². The molecular weight excluding hydrogens is 320 g/mol. The summed E-state index contributed by atoms with van der Waals surface area (Å²) >= 11 is 3.37. The number of halogens is 1. The number of rotatable bonds is 2. The number of hydrogen-bond donors (Lipinski definition) is 1. The Morgan fingerprint density at radius 3 is 3.05 bits per heavy atom. The Labute approximate surface area is 125 Å². The number of nitrogens with one attached hydrogen (secondary N) is 1. The summed E-state index contributed by atoms with van der Waals surface area (Å²) in [5, 5.41) is 7.11. The van der Waals surface area contributed by atoms with Crippen molar-refractivity contribution in [2.45, 2.75) is 26.3 Å². The molecule has 20 heavy (non-hydrogen) atoms. The fourth-order valence-electron chi connectivity index (χ4n) is 2.33. The number of benzene rings is 1. The quantitative estimate of drug-likeness (QED) is 0.918. The molecule has 1 aliphatic rings. The Morgan fingerprint density at radius 1 is 1.45 bits per heavy atom. The Balaban J connectivity index is 1.79. The first-order valence-corrected chi connectivity index (χ1v) is 7.42. The second-order valence-corrected chi connectivity index (χ2v) is 5.97. The lowest BCUT2D eigenvalue weighted by molar-refractivity contribution is 0.102. The first-order valence-electron chi connectivity index (χ1n) is 6.63. The van der Waals surface area contributed by atoms with Crippen molar-refractivity contribution in [3.63, 3.8) is 0 Å². The van der Waals surface area contributed by atoms with Crippen molar-refractivity contribution >= 4 is 27.8 Å². The van der Waals surface area contributed by atoms with Crippen LogP contribution in [0.25, 0.3) is 0 Å². The van der Waals surface area contributed by atoms with Gasteiger partial charge >= 0.3 is 0 Å². The Bertz CT molecular complexity index is 652. The minimum atomic E-state index is -0.200. The largest absolute Gasteiger partial charge is 0.289 e. The van der Waals surface area contributed by atoms with Gasteiger partial charge in [-0.2, -0.15) is 4.98 Å². The van der Waals surface area contributed by atoms with Crippen molar-refractivity contribution in [2.75, 3.05) is 5.32 Å². The molecule has 3 rings (SSSR count). The van der Waals surface area contributed by atoms with Crippen molar-refractivity contribution in [1.82, 2.24) is 14.8 Å². The number of carbonyl (C=O) groups excluding carboxylic acids is 1. The summed E-state index contributed by atoms with van der Waals surface area (Å²) in [6.45, 7) is 3.07. The molecule has 1 aliphatic heterocycles. The van der Waals surface area contributed by atoms with Crippen LogP contribution in [0.2, 0.25) is 0 Å². The molecule has 0 saturated heterocycles. The molecule has 0 aliphatic carbocycles. The van der Waals surface area contributed by atoms with E-state index in [1.54, 1.807) is 6.07 Å². The molecule has 2 aromatic rings. The second-order valence-electron chi connectivity index (χ2n) is 5.11. The molecule has 1 amide bonds. The SMILES string of the molecule is CC1CCc2nc(NC(=O)c3ccccc3Br)nn2C1. The topological polar surface area (TPSA) is 59.8 Å². The molecular formula is C14H15BrN4O. The molecule has 0 spiro atoms. The first kappa shape index (κ1) is 13.3. The normalized spacial score (nSPS) is 17.6. The third-order valence-corrected chi connectivity index (χ3v) is 4.13. The molecule has 1 unspecified atom stereocenters. The monoisotopic (exact) mass is 334 g/mol. The zero-order chi connectivity index (χ0) is 14.1. The van der Waals surface area contributed by atoms with Crippen molar-refractivity contribution in [3.05, 3.63) is 40.1 Å². The lowest BCUT2D eigenvalue weighted by atomic mass is 10.0. The zero-order valence-electron chi connectivity index (χ0n) is 11.1. The van der Waals surface area contributed by atoms with Crippen LogP contribution in [0.5, 0.6) is 0 Å². The second kappa shape index (κ2) is 5.36. The molecule has 1 atom stereocenters. The summed E-state index contributed by atoms with van der Waals surface area (Å²) in [6.07, 6.45) is 2.04. The van der Waals surface area contributed by atoms with Crippen molar-refractivity contribution in [1.29, 1.82) is 0 Å². The summed E-state index contributed by atoms with van der Waals surface area (Å²) in [5.74, 6) is 1.74. The van der Waals surface area contributed by atoms with E-state index >= 15 is 0 Å². The van der Waals surface area contributed by atoms with Crippen LogP contribution in [0.15, 0.2) is 28.7 Å². The van der Waals surface area contributed by atoms with Gasteiger partial charge < -0.3 is 0 Å². The third-order valence-electron chi connectivity index (χ3n) is 3.44. The highest BCUT2D eigenvalue weighted by Crippen LogP contribution is 2.20. The number of aryl methyl sites for hydroxylation is 1. The third kappa shape index (κ3) is 2.60. The number of amides is 1. The van der Waals surface area contributed by atoms with Crippen LogP contribution in [-0.4, -0.2) is 20.7 Å². The van der Waals surface area contributed by atoms with E-state index in [1.165, 1.54) is 0 Å². The predicted octanol–water partition coefficient (Wildman–Crippen LogP) is 2.88. The number of nitrogens with zero attached hydrogens (tertiary/aromatic N) is 3. The maximum absolute atomic E-state index is 12.2. The Kier molecular flexibility index (Phi) is 3.56. The first-order chi connectivity index (χ1) is 9.63. The molecule has 0 radical (unpaired) electrons. The summed E-state index contributed by atoms with van der Waals surface area (Å²) in [7, 11) is 0. The number of fused-ring (bicyclic) bond motifs is 1. The van der Waals surface area contributed by atoms with Crippen LogP contribution in [-0.2, 0) is 13.0 Å². The van der Waals surface area contributed by atoms with E-state index in [2.05, 4.69) is 38.3 Å². The van der Waals surface area contributed by atoms with Crippen molar-refractivity contribution < 1.29 is 4.79 Å². The van der Waals surface area contributed by atoms with E-state index in [0.717, 1.165) is 29.7 Å². The minimum absolute atomic E-state index is 0.200. The van der Waals surface area contributed by atoms with Gasteiger partial charge in [0, 0.05) is 17.4 Å². The predicted molar refractivity (Wildman–Crippen MR) is 79.6 cm³/mol. The van der Waals surface area contributed by atoms with Crippen molar-refractivity contribution in [2.24, 2.45) is 5.92 Å². The van der Waals surface area contributed by atoms with Gasteiger partial charge in [-0.3, -0.25) is 10.1 Å². The maximum Gasteiger partial charge on any atom is 0.259 e. The summed E-state index contributed by atoms with van der Waals surface area (Å²) in [5.41, 5.74) is 0.577. The smallest absolute Gasteiger partial charge is 0.259 e. The van der Waals surface area contributed by atoms with E-state index in [4.69, 9.17) is 0 Å². The molecule has 1 aromatic carbocycles. The average molecular weight is 335 g/mol. The average Bonchev–Trinajstić information content (AvgIpc) is 2.80. The van der Waals surface area contributed by atoms with Gasteiger partial charge in [0.2, 0.25) is 5.95 Å². The van der Waals surface area contributed by atoms with Gasteiger partial charge in [0.1, 0.15) is 5.82 Å². The van der Waals surface area contributed by atoms with E-state index in [1.807, 2.05) is 22.9 Å². The number of aromatic nitrogens is 3. The summed E-state index contributed by atoms with van der Waals surface area (Å²) in [4.78, 5) is 16.6. The molecule has 0 fully saturated rings. The van der Waals surface area contributed by atoms with E-state index in [-0.39, 0.29) is 5.91 Å². The van der Waals surface area contributed by atoms with Gasteiger partial charge in [0.25, 0.3) is 5.91 Å². The Hall–Kier alpha value is -1.69. The van der Waals surface area contributed by atoms with Gasteiger partial charge in [-0.25, -0.2) is 4.68 Å². The summed E-state index contributed by atoms with van der Waals surface area (Å²) in [6, 6.07) is 7.29. The highest BCUT2D eigenvalue weighted by Gasteiger charge is 2.20. The van der Waals surface area contributed by atoms with Crippen LogP contribution in [0.4, 0.5) is 5.95 Å². The standard InChI is InChI=1S/C14H15BrN4O/c1-9-6-7-12-16-14(18-19(12)8-9)17-13(20)10-4-2-3-5-11(10)15/h2-5,9H,6-8H2,1H3,(H,17,18,20). The zero-order valence-corrected chi connectivity index (χ0v) is 12.7. The molecule has 2 heterocycles. The fraction of sp³-hybridized carbons (Fsp3) is 0.357. The number of carbonyl (C=O) groups is 1. The molecule has 104 valence electrons. The van der Waals surface area contributed by atoms with Gasteiger partial charge in [0.05, 0.1) is 5.56 Å². The van der Waals surface area contributed by atoms with Crippen LogP contribution in [0.3, 0.4) is 0 Å². The van der Waals surface area contributed by atoms with Gasteiger partial charge in [-0.15, -0.1) is 5.10 Å². The molecule has 1 aromatic heterocycles. The van der Waals surface area contributed by atoms with E-state index in [0.29, 0.717) is 17.4 Å². The van der Waals surface area contributed by atoms with Crippen LogP contribution in [0, 0.1) is 5.92 Å².